The molecule has 104 valence electrons. The first-order chi connectivity index (χ1) is 9.13. The molecule has 0 aliphatic carbocycles. The van der Waals surface area contributed by atoms with Crippen molar-refractivity contribution in [2.45, 2.75) is 24.7 Å². The topological polar surface area (TPSA) is 40.5 Å². The Bertz CT molecular complexity index is 419. The Balaban J connectivity index is 1.66. The molecule has 1 saturated heterocycles. The van der Waals surface area contributed by atoms with Crippen LogP contribution in [0.2, 0.25) is 0 Å². The third-order valence-electron chi connectivity index (χ3n) is 3.53. The fraction of sp³-hybridized carbons (Fsp3) is 0.533. The van der Waals surface area contributed by atoms with Crippen LogP contribution in [0.4, 0.5) is 0 Å². The Hall–Kier alpha value is -1.00. The summed E-state index contributed by atoms with van der Waals surface area (Å²) in [5.41, 5.74) is 1.29. The zero-order valence-electron chi connectivity index (χ0n) is 11.3. The molecular weight excluding hydrogens is 258 g/mol. The average Bonchev–Trinajstić information content (AvgIpc) is 2.78. The fourth-order valence-corrected chi connectivity index (χ4v) is 3.37. The van der Waals surface area contributed by atoms with Gasteiger partial charge in [0.15, 0.2) is 0 Å². The van der Waals surface area contributed by atoms with Gasteiger partial charge in [-0.1, -0.05) is 17.7 Å². The number of nitrogens with zero attached hydrogens (tertiary/aromatic N) is 1. The molecule has 1 fully saturated rings. The van der Waals surface area contributed by atoms with Gasteiger partial charge in [0, 0.05) is 30.2 Å². The second-order valence-corrected chi connectivity index (χ2v) is 6.38. The van der Waals surface area contributed by atoms with Crippen molar-refractivity contribution in [3.63, 3.8) is 0 Å². The number of hydrogen-bond acceptors (Lipinski definition) is 3. The molecule has 1 unspecified atom stereocenters. The lowest BCUT2D eigenvalue weighted by Gasteiger charge is -2.15. The predicted molar refractivity (Wildman–Crippen MR) is 78.7 cm³/mol. The van der Waals surface area contributed by atoms with E-state index in [1.807, 2.05) is 11.8 Å². The number of rotatable bonds is 6. The van der Waals surface area contributed by atoms with Crippen LogP contribution in [0.3, 0.4) is 0 Å². The summed E-state index contributed by atoms with van der Waals surface area (Å²) in [4.78, 5) is 14.4. The zero-order valence-corrected chi connectivity index (χ0v) is 12.2. The molecule has 1 heterocycles. The molecule has 1 atom stereocenters. The Morgan fingerprint density at radius 2 is 2.16 bits per heavy atom. The van der Waals surface area contributed by atoms with Crippen molar-refractivity contribution < 1.29 is 9.90 Å². The largest absolute Gasteiger partial charge is 0.481 e. The van der Waals surface area contributed by atoms with E-state index in [2.05, 4.69) is 36.1 Å². The molecule has 0 amide bonds. The minimum Gasteiger partial charge on any atom is -0.481 e. The first-order valence-electron chi connectivity index (χ1n) is 6.77. The highest BCUT2D eigenvalue weighted by Crippen LogP contribution is 2.22. The summed E-state index contributed by atoms with van der Waals surface area (Å²) >= 11 is 1.87. The fourth-order valence-electron chi connectivity index (χ4n) is 2.46. The third kappa shape index (κ3) is 4.88. The van der Waals surface area contributed by atoms with E-state index in [1.54, 1.807) is 0 Å². The number of aryl methyl sites for hydroxylation is 1. The van der Waals surface area contributed by atoms with E-state index in [4.69, 9.17) is 5.11 Å². The number of likely N-dealkylation sites (tertiary alicyclic amines) is 1. The molecule has 4 heteroatoms. The predicted octanol–water partition coefficient (Wildman–Crippen LogP) is 2.88. The standard InChI is InChI=1S/C15H21NO2S/c1-12-2-4-14(5-3-12)19-9-8-16-7-6-13(11-16)10-15(17)18/h2-5,13H,6-11H2,1H3,(H,17,18). The molecule has 1 aliphatic heterocycles. The normalized spacial score (nSPS) is 19.7. The lowest BCUT2D eigenvalue weighted by Crippen LogP contribution is -2.23. The summed E-state index contributed by atoms with van der Waals surface area (Å²) in [5.74, 6) is 0.755. The van der Waals surface area contributed by atoms with Gasteiger partial charge in [0.05, 0.1) is 0 Å². The number of carboxylic acid groups (broad SMARTS) is 1. The first kappa shape index (κ1) is 14.4. The molecule has 1 N–H and O–H groups in total. The van der Waals surface area contributed by atoms with Crippen molar-refractivity contribution in [3.05, 3.63) is 29.8 Å². The summed E-state index contributed by atoms with van der Waals surface area (Å²) < 4.78 is 0. The van der Waals surface area contributed by atoms with Crippen molar-refractivity contribution in [2.75, 3.05) is 25.4 Å². The molecule has 1 aromatic rings. The molecule has 2 rings (SSSR count). The smallest absolute Gasteiger partial charge is 0.303 e. The Kier molecular flexibility index (Phi) is 5.28. The quantitative estimate of drug-likeness (QED) is 0.813. The van der Waals surface area contributed by atoms with Crippen LogP contribution in [0.25, 0.3) is 0 Å². The van der Waals surface area contributed by atoms with Gasteiger partial charge in [0.2, 0.25) is 0 Å². The van der Waals surface area contributed by atoms with E-state index in [9.17, 15) is 4.79 Å². The highest BCUT2D eigenvalue weighted by atomic mass is 32.2. The van der Waals surface area contributed by atoms with Gasteiger partial charge >= 0.3 is 5.97 Å². The third-order valence-corrected chi connectivity index (χ3v) is 4.52. The molecule has 0 radical (unpaired) electrons. The van der Waals surface area contributed by atoms with Gasteiger partial charge in [-0.25, -0.2) is 0 Å². The molecular formula is C15H21NO2S. The molecule has 0 saturated carbocycles. The number of benzene rings is 1. The number of carboxylic acids is 1. The highest BCUT2D eigenvalue weighted by Gasteiger charge is 2.23. The summed E-state index contributed by atoms with van der Waals surface area (Å²) in [5, 5.41) is 8.78. The van der Waals surface area contributed by atoms with Crippen LogP contribution >= 0.6 is 11.8 Å². The lowest BCUT2D eigenvalue weighted by molar-refractivity contribution is -0.138. The van der Waals surface area contributed by atoms with Crippen molar-refractivity contribution in [1.29, 1.82) is 0 Å². The van der Waals surface area contributed by atoms with Gasteiger partial charge in [-0.3, -0.25) is 4.79 Å². The van der Waals surface area contributed by atoms with Gasteiger partial charge in [-0.05, 0) is 37.9 Å². The second kappa shape index (κ2) is 6.96. The van der Waals surface area contributed by atoms with Crippen LogP contribution in [-0.4, -0.2) is 41.4 Å². The SMILES string of the molecule is Cc1ccc(SCCN2CCC(CC(=O)O)C2)cc1. The van der Waals surface area contributed by atoms with Gasteiger partial charge in [0.1, 0.15) is 0 Å². The molecule has 19 heavy (non-hydrogen) atoms. The number of thioether (sulfide) groups is 1. The molecule has 1 aliphatic rings. The summed E-state index contributed by atoms with van der Waals surface area (Å²) in [6, 6.07) is 8.61. The first-order valence-corrected chi connectivity index (χ1v) is 7.75. The van der Waals surface area contributed by atoms with E-state index < -0.39 is 5.97 Å². The average molecular weight is 279 g/mol. The number of hydrogen-bond donors (Lipinski definition) is 1. The minimum absolute atomic E-state index is 0.321. The maximum absolute atomic E-state index is 10.7. The van der Waals surface area contributed by atoms with E-state index in [0.717, 1.165) is 31.8 Å². The van der Waals surface area contributed by atoms with Gasteiger partial charge < -0.3 is 10.0 Å². The van der Waals surface area contributed by atoms with Crippen molar-refractivity contribution >= 4 is 17.7 Å². The highest BCUT2D eigenvalue weighted by molar-refractivity contribution is 7.99. The van der Waals surface area contributed by atoms with E-state index in [1.165, 1.54) is 10.5 Å². The van der Waals surface area contributed by atoms with Crippen molar-refractivity contribution in [1.82, 2.24) is 4.90 Å². The molecule has 3 nitrogen and oxygen atoms in total. The Labute approximate surface area is 119 Å². The van der Waals surface area contributed by atoms with Crippen molar-refractivity contribution in [2.24, 2.45) is 5.92 Å². The molecule has 0 aromatic heterocycles. The van der Waals surface area contributed by atoms with E-state index in [0.29, 0.717) is 12.3 Å². The van der Waals surface area contributed by atoms with Gasteiger partial charge in [0.25, 0.3) is 0 Å². The summed E-state index contributed by atoms with van der Waals surface area (Å²) in [6.45, 7) is 5.14. The van der Waals surface area contributed by atoms with Gasteiger partial charge in [-0.15, -0.1) is 11.8 Å². The Morgan fingerprint density at radius 3 is 2.84 bits per heavy atom. The summed E-state index contributed by atoms with van der Waals surface area (Å²) in [6.07, 6.45) is 1.35. The van der Waals surface area contributed by atoms with Crippen LogP contribution in [0, 0.1) is 12.8 Å². The zero-order chi connectivity index (χ0) is 13.7. The maximum Gasteiger partial charge on any atom is 0.303 e. The molecule has 0 bridgehead atoms. The van der Waals surface area contributed by atoms with Crippen LogP contribution in [-0.2, 0) is 4.79 Å². The van der Waals surface area contributed by atoms with Crippen LogP contribution in [0.15, 0.2) is 29.2 Å². The number of carbonyl (C=O) groups is 1. The van der Waals surface area contributed by atoms with E-state index in [-0.39, 0.29) is 0 Å². The molecule has 1 aromatic carbocycles. The minimum atomic E-state index is -0.666. The maximum atomic E-state index is 10.7. The van der Waals surface area contributed by atoms with Crippen LogP contribution in [0.5, 0.6) is 0 Å². The van der Waals surface area contributed by atoms with Crippen molar-refractivity contribution in [3.8, 4) is 0 Å². The van der Waals surface area contributed by atoms with Crippen LogP contribution < -0.4 is 0 Å². The molecule has 0 spiro atoms. The summed E-state index contributed by atoms with van der Waals surface area (Å²) in [7, 11) is 0. The van der Waals surface area contributed by atoms with Gasteiger partial charge in [-0.2, -0.15) is 0 Å². The van der Waals surface area contributed by atoms with E-state index >= 15 is 0 Å². The van der Waals surface area contributed by atoms with Crippen LogP contribution in [0.1, 0.15) is 18.4 Å². The Morgan fingerprint density at radius 1 is 1.42 bits per heavy atom. The second-order valence-electron chi connectivity index (χ2n) is 5.21. The number of aliphatic carboxylic acids is 1. The monoisotopic (exact) mass is 279 g/mol. The lowest BCUT2D eigenvalue weighted by atomic mass is 10.1.